The first-order valence-corrected chi connectivity index (χ1v) is 5.75. The van der Waals surface area contributed by atoms with E-state index >= 15 is 0 Å². The minimum Gasteiger partial charge on any atom is -0.271 e. The molecule has 0 aliphatic heterocycles. The van der Waals surface area contributed by atoms with Gasteiger partial charge in [-0.05, 0) is 41.8 Å². The summed E-state index contributed by atoms with van der Waals surface area (Å²) in [7, 11) is 0. The van der Waals surface area contributed by atoms with Crippen molar-refractivity contribution >= 4 is 0 Å². The highest BCUT2D eigenvalue weighted by Gasteiger charge is 2.13. The zero-order valence-corrected chi connectivity index (χ0v) is 10.0. The molecule has 19 heavy (non-hydrogen) atoms. The maximum absolute atomic E-state index is 13.2. The lowest BCUT2D eigenvalue weighted by atomic mass is 9.99. The average molecular weight is 266 g/mol. The van der Waals surface area contributed by atoms with Crippen LogP contribution in [-0.4, -0.2) is 0 Å². The minimum atomic E-state index is -0.672. The molecule has 0 heterocycles. The van der Waals surface area contributed by atoms with E-state index in [-0.39, 0.29) is 5.82 Å². The van der Waals surface area contributed by atoms with Crippen molar-refractivity contribution in [1.29, 1.82) is 0 Å². The van der Waals surface area contributed by atoms with Gasteiger partial charge in [-0.25, -0.2) is 13.2 Å². The van der Waals surface area contributed by atoms with Crippen molar-refractivity contribution in [3.8, 4) is 0 Å². The Morgan fingerprint density at radius 2 is 1.63 bits per heavy atom. The summed E-state index contributed by atoms with van der Waals surface area (Å²) < 4.78 is 39.4. The van der Waals surface area contributed by atoms with Gasteiger partial charge in [-0.2, -0.15) is 0 Å². The molecule has 5 heteroatoms. The van der Waals surface area contributed by atoms with Crippen molar-refractivity contribution in [2.24, 2.45) is 5.84 Å². The number of rotatable bonds is 4. The van der Waals surface area contributed by atoms with E-state index in [2.05, 4.69) is 5.43 Å². The summed E-state index contributed by atoms with van der Waals surface area (Å²) in [6.07, 6.45) is 0.331. The van der Waals surface area contributed by atoms with Gasteiger partial charge in [0, 0.05) is 6.07 Å². The van der Waals surface area contributed by atoms with Gasteiger partial charge in [-0.3, -0.25) is 11.3 Å². The molecule has 3 N–H and O–H groups in total. The molecule has 0 radical (unpaired) electrons. The van der Waals surface area contributed by atoms with E-state index in [4.69, 9.17) is 5.84 Å². The number of nitrogens with one attached hydrogen (secondary N) is 1. The van der Waals surface area contributed by atoms with Gasteiger partial charge < -0.3 is 0 Å². The second-order valence-corrected chi connectivity index (χ2v) is 4.26. The summed E-state index contributed by atoms with van der Waals surface area (Å²) in [5.74, 6) is 3.70. The van der Waals surface area contributed by atoms with Crippen molar-refractivity contribution in [1.82, 2.24) is 5.43 Å². The molecule has 0 bridgehead atoms. The van der Waals surface area contributed by atoms with Gasteiger partial charge in [0.25, 0.3) is 0 Å². The molecule has 0 amide bonds. The van der Waals surface area contributed by atoms with Gasteiger partial charge in [0.05, 0.1) is 6.04 Å². The molecule has 1 atom stereocenters. The molecule has 2 nitrogen and oxygen atoms in total. The van der Waals surface area contributed by atoms with Crippen LogP contribution in [0.4, 0.5) is 13.2 Å². The summed E-state index contributed by atoms with van der Waals surface area (Å²) in [5, 5.41) is 0. The first kappa shape index (κ1) is 13.6. The predicted molar refractivity (Wildman–Crippen MR) is 66.5 cm³/mol. The van der Waals surface area contributed by atoms with E-state index in [1.165, 1.54) is 24.3 Å². The molecule has 0 aliphatic rings. The van der Waals surface area contributed by atoms with Gasteiger partial charge in [0.2, 0.25) is 0 Å². The van der Waals surface area contributed by atoms with E-state index in [1.54, 1.807) is 12.1 Å². The van der Waals surface area contributed by atoms with Crippen molar-refractivity contribution < 1.29 is 13.2 Å². The van der Waals surface area contributed by atoms with Crippen LogP contribution in [0.5, 0.6) is 0 Å². The monoisotopic (exact) mass is 266 g/mol. The molecule has 2 rings (SSSR count). The normalized spacial score (nSPS) is 12.4. The number of hydrogen-bond donors (Lipinski definition) is 2. The van der Waals surface area contributed by atoms with Crippen LogP contribution in [0, 0.1) is 17.5 Å². The lowest BCUT2D eigenvalue weighted by Gasteiger charge is -2.16. The number of hydrogen-bond acceptors (Lipinski definition) is 2. The zero-order chi connectivity index (χ0) is 13.8. The Labute approximate surface area is 109 Å². The Balaban J connectivity index is 2.24. The van der Waals surface area contributed by atoms with Gasteiger partial charge in [0.1, 0.15) is 17.5 Å². The van der Waals surface area contributed by atoms with E-state index in [0.29, 0.717) is 17.5 Å². The molecule has 0 fully saturated rings. The van der Waals surface area contributed by atoms with Crippen molar-refractivity contribution in [2.45, 2.75) is 12.5 Å². The number of hydrazine groups is 1. The topological polar surface area (TPSA) is 38.0 Å². The lowest BCUT2D eigenvalue weighted by molar-refractivity contribution is 0.528. The zero-order valence-electron chi connectivity index (χ0n) is 10.0. The SMILES string of the molecule is NNC(Cc1cccc(F)c1)c1cc(F)cc(F)c1. The Bertz CT molecular complexity index is 552. The van der Waals surface area contributed by atoms with Gasteiger partial charge >= 0.3 is 0 Å². The van der Waals surface area contributed by atoms with Gasteiger partial charge in [-0.15, -0.1) is 0 Å². The Morgan fingerprint density at radius 1 is 0.947 bits per heavy atom. The second kappa shape index (κ2) is 5.86. The third kappa shape index (κ3) is 3.56. The molecule has 0 aromatic heterocycles. The summed E-state index contributed by atoms with van der Waals surface area (Å²) in [4.78, 5) is 0. The van der Waals surface area contributed by atoms with Crippen molar-refractivity contribution in [3.05, 3.63) is 71.0 Å². The standard InChI is InChI=1S/C14H13F3N2/c15-11-3-1-2-9(4-11)5-14(19-18)10-6-12(16)8-13(17)7-10/h1-4,6-8,14,19H,5,18H2. The first-order valence-electron chi connectivity index (χ1n) is 5.75. The van der Waals surface area contributed by atoms with Crippen LogP contribution >= 0.6 is 0 Å². The fourth-order valence-electron chi connectivity index (χ4n) is 1.95. The predicted octanol–water partition coefficient (Wildman–Crippen LogP) is 2.85. The number of benzene rings is 2. The van der Waals surface area contributed by atoms with Gasteiger partial charge in [0.15, 0.2) is 0 Å². The minimum absolute atomic E-state index is 0.331. The van der Waals surface area contributed by atoms with Crippen LogP contribution in [0.15, 0.2) is 42.5 Å². The smallest absolute Gasteiger partial charge is 0.126 e. The third-order valence-electron chi connectivity index (χ3n) is 2.82. The summed E-state index contributed by atoms with van der Waals surface area (Å²) in [6.45, 7) is 0. The molecular weight excluding hydrogens is 253 g/mol. The van der Waals surface area contributed by atoms with E-state index in [0.717, 1.165) is 6.07 Å². The van der Waals surface area contributed by atoms with E-state index in [9.17, 15) is 13.2 Å². The Hall–Kier alpha value is -1.85. The maximum atomic E-state index is 13.2. The number of halogens is 3. The van der Waals surface area contributed by atoms with Crippen molar-refractivity contribution in [3.63, 3.8) is 0 Å². The molecular formula is C14H13F3N2. The molecule has 2 aromatic carbocycles. The highest BCUT2D eigenvalue weighted by atomic mass is 19.1. The van der Waals surface area contributed by atoms with Crippen LogP contribution in [0.3, 0.4) is 0 Å². The van der Waals surface area contributed by atoms with Gasteiger partial charge in [-0.1, -0.05) is 12.1 Å². The quantitative estimate of drug-likeness (QED) is 0.659. The molecule has 0 saturated carbocycles. The van der Waals surface area contributed by atoms with E-state index < -0.39 is 17.7 Å². The second-order valence-electron chi connectivity index (χ2n) is 4.26. The summed E-state index contributed by atoms with van der Waals surface area (Å²) in [5.41, 5.74) is 3.55. The molecule has 1 unspecified atom stereocenters. The summed E-state index contributed by atoms with van der Waals surface area (Å²) >= 11 is 0. The van der Waals surface area contributed by atoms with Crippen LogP contribution in [0.1, 0.15) is 17.2 Å². The van der Waals surface area contributed by atoms with Crippen LogP contribution in [0.2, 0.25) is 0 Å². The average Bonchev–Trinajstić information content (AvgIpc) is 2.34. The third-order valence-corrected chi connectivity index (χ3v) is 2.82. The summed E-state index contributed by atoms with van der Waals surface area (Å²) in [6, 6.07) is 8.69. The fourth-order valence-corrected chi connectivity index (χ4v) is 1.95. The van der Waals surface area contributed by atoms with Crippen LogP contribution in [0.25, 0.3) is 0 Å². The first-order chi connectivity index (χ1) is 9.08. The largest absolute Gasteiger partial charge is 0.271 e. The molecule has 0 aliphatic carbocycles. The van der Waals surface area contributed by atoms with Crippen LogP contribution < -0.4 is 11.3 Å². The highest BCUT2D eigenvalue weighted by Crippen LogP contribution is 2.20. The Morgan fingerprint density at radius 3 is 2.21 bits per heavy atom. The maximum Gasteiger partial charge on any atom is 0.126 e. The molecule has 0 saturated heterocycles. The fraction of sp³-hybridized carbons (Fsp3) is 0.143. The van der Waals surface area contributed by atoms with Crippen LogP contribution in [-0.2, 0) is 6.42 Å². The molecule has 0 spiro atoms. The van der Waals surface area contributed by atoms with Crippen molar-refractivity contribution in [2.75, 3.05) is 0 Å². The highest BCUT2D eigenvalue weighted by molar-refractivity contribution is 5.25. The number of nitrogens with two attached hydrogens (primary N) is 1. The van der Waals surface area contributed by atoms with E-state index in [1.807, 2.05) is 0 Å². The lowest BCUT2D eigenvalue weighted by Crippen LogP contribution is -2.29. The Kier molecular flexibility index (Phi) is 4.19. The molecule has 100 valence electrons. The molecule has 2 aromatic rings.